The molecule has 2 heterocycles. The molecule has 1 aromatic rings. The second-order valence-corrected chi connectivity index (χ2v) is 5.47. The van der Waals surface area contributed by atoms with Crippen LogP contribution in [0.4, 0.5) is 5.13 Å². The Bertz CT molecular complexity index is 422. The highest BCUT2D eigenvalue weighted by molar-refractivity contribution is 7.09. The summed E-state index contributed by atoms with van der Waals surface area (Å²) in [6, 6.07) is 0. The normalized spacial score (nSPS) is 16.5. The molecule has 0 bridgehead atoms. The predicted molar refractivity (Wildman–Crippen MR) is 76.3 cm³/mol. The van der Waals surface area contributed by atoms with Crippen LogP contribution in [-0.4, -0.2) is 52.9 Å². The lowest BCUT2D eigenvalue weighted by Gasteiger charge is -2.21. The lowest BCUT2D eigenvalue weighted by Crippen LogP contribution is -2.35. The standard InChI is InChI=1S/C12H21N5OS/c1-10-14-12(19-15-10)17-7-3-6-16(8-9-17)11(18)4-2-5-13/h2-9,13H2,1H3. The van der Waals surface area contributed by atoms with Gasteiger partial charge in [-0.15, -0.1) is 0 Å². The zero-order valence-electron chi connectivity index (χ0n) is 11.3. The first kappa shape index (κ1) is 14.2. The van der Waals surface area contributed by atoms with Crippen molar-refractivity contribution in [3.8, 4) is 0 Å². The molecule has 1 aliphatic heterocycles. The van der Waals surface area contributed by atoms with E-state index in [1.165, 1.54) is 11.5 Å². The summed E-state index contributed by atoms with van der Waals surface area (Å²) in [5.41, 5.74) is 5.44. The average molecular weight is 283 g/mol. The SMILES string of the molecule is Cc1nsc(N2CCCN(C(=O)CCCN)CC2)n1. The van der Waals surface area contributed by atoms with Gasteiger partial charge in [0.1, 0.15) is 5.82 Å². The van der Waals surface area contributed by atoms with Gasteiger partial charge >= 0.3 is 0 Å². The van der Waals surface area contributed by atoms with E-state index in [2.05, 4.69) is 14.3 Å². The Hall–Kier alpha value is -1.21. The summed E-state index contributed by atoms with van der Waals surface area (Å²) >= 11 is 1.43. The molecule has 6 nitrogen and oxygen atoms in total. The Kier molecular flexibility index (Phi) is 5.09. The van der Waals surface area contributed by atoms with Gasteiger partial charge in [-0.1, -0.05) is 0 Å². The molecule has 2 rings (SSSR count). The molecule has 106 valence electrons. The lowest BCUT2D eigenvalue weighted by atomic mass is 10.2. The minimum Gasteiger partial charge on any atom is -0.345 e. The maximum Gasteiger partial charge on any atom is 0.222 e. The molecular weight excluding hydrogens is 262 g/mol. The van der Waals surface area contributed by atoms with Gasteiger partial charge in [0.15, 0.2) is 0 Å². The van der Waals surface area contributed by atoms with Gasteiger partial charge in [0, 0.05) is 44.1 Å². The van der Waals surface area contributed by atoms with Gasteiger partial charge in [0.2, 0.25) is 11.0 Å². The number of amides is 1. The molecule has 0 atom stereocenters. The molecule has 0 saturated carbocycles. The van der Waals surface area contributed by atoms with Crippen molar-refractivity contribution in [3.63, 3.8) is 0 Å². The minimum atomic E-state index is 0.223. The van der Waals surface area contributed by atoms with Gasteiger partial charge in [-0.3, -0.25) is 4.79 Å². The maximum absolute atomic E-state index is 12.0. The summed E-state index contributed by atoms with van der Waals surface area (Å²) in [6.07, 6.45) is 2.32. The third-order valence-corrected chi connectivity index (χ3v) is 4.10. The van der Waals surface area contributed by atoms with Gasteiger partial charge in [-0.25, -0.2) is 4.98 Å². The molecule has 0 aromatic carbocycles. The number of rotatable bonds is 4. The number of aromatic nitrogens is 2. The second-order valence-electron chi connectivity index (χ2n) is 4.74. The van der Waals surface area contributed by atoms with Gasteiger partial charge < -0.3 is 15.5 Å². The van der Waals surface area contributed by atoms with Crippen LogP contribution in [0.25, 0.3) is 0 Å². The Morgan fingerprint density at radius 3 is 2.89 bits per heavy atom. The molecule has 0 aliphatic carbocycles. The number of carbonyl (C=O) groups is 1. The predicted octanol–water partition coefficient (Wildman–Crippen LogP) is 0.624. The van der Waals surface area contributed by atoms with Crippen LogP contribution in [0.2, 0.25) is 0 Å². The Balaban J connectivity index is 1.89. The number of hydrogen-bond acceptors (Lipinski definition) is 6. The average Bonchev–Trinajstić information content (AvgIpc) is 2.69. The highest BCUT2D eigenvalue weighted by Crippen LogP contribution is 2.19. The van der Waals surface area contributed by atoms with Gasteiger partial charge in [-0.2, -0.15) is 4.37 Å². The fourth-order valence-electron chi connectivity index (χ4n) is 2.18. The molecule has 0 radical (unpaired) electrons. The third-order valence-electron chi connectivity index (χ3n) is 3.23. The molecule has 19 heavy (non-hydrogen) atoms. The Morgan fingerprint density at radius 2 is 2.21 bits per heavy atom. The molecule has 2 N–H and O–H groups in total. The van der Waals surface area contributed by atoms with E-state index in [0.717, 1.165) is 50.0 Å². The molecule has 1 amide bonds. The van der Waals surface area contributed by atoms with Crippen LogP contribution in [0.5, 0.6) is 0 Å². The van der Waals surface area contributed by atoms with E-state index in [1.54, 1.807) is 0 Å². The van der Waals surface area contributed by atoms with Crippen molar-refractivity contribution in [2.75, 3.05) is 37.6 Å². The fraction of sp³-hybridized carbons (Fsp3) is 0.750. The Labute approximate surface area is 117 Å². The first-order chi connectivity index (χ1) is 9.20. The summed E-state index contributed by atoms with van der Waals surface area (Å²) in [6.45, 7) is 5.86. The number of aryl methyl sites for hydroxylation is 1. The number of hydrogen-bond donors (Lipinski definition) is 1. The smallest absolute Gasteiger partial charge is 0.222 e. The molecule has 1 aromatic heterocycles. The number of anilines is 1. The molecule has 0 unspecified atom stereocenters. The summed E-state index contributed by atoms with van der Waals surface area (Å²) in [7, 11) is 0. The number of carbonyl (C=O) groups excluding carboxylic acids is 1. The van der Waals surface area contributed by atoms with Crippen molar-refractivity contribution in [1.82, 2.24) is 14.3 Å². The summed E-state index contributed by atoms with van der Waals surface area (Å²) in [5.74, 6) is 1.04. The number of nitrogens with two attached hydrogens (primary N) is 1. The molecule has 1 aliphatic rings. The van der Waals surface area contributed by atoms with E-state index in [1.807, 2.05) is 11.8 Å². The van der Waals surface area contributed by atoms with Crippen LogP contribution < -0.4 is 10.6 Å². The van der Waals surface area contributed by atoms with E-state index in [9.17, 15) is 4.79 Å². The quantitative estimate of drug-likeness (QED) is 0.877. The van der Waals surface area contributed by atoms with E-state index in [-0.39, 0.29) is 5.91 Å². The molecular formula is C12H21N5OS. The van der Waals surface area contributed by atoms with E-state index in [4.69, 9.17) is 5.73 Å². The van der Waals surface area contributed by atoms with Crippen LogP contribution in [0.15, 0.2) is 0 Å². The monoisotopic (exact) mass is 283 g/mol. The van der Waals surface area contributed by atoms with Crippen molar-refractivity contribution in [1.29, 1.82) is 0 Å². The summed E-state index contributed by atoms with van der Waals surface area (Å²) in [5, 5.41) is 0.966. The van der Waals surface area contributed by atoms with Crippen molar-refractivity contribution in [2.24, 2.45) is 5.73 Å². The highest BCUT2D eigenvalue weighted by atomic mass is 32.1. The number of nitrogens with zero attached hydrogens (tertiary/aromatic N) is 4. The van der Waals surface area contributed by atoms with Crippen molar-refractivity contribution in [3.05, 3.63) is 5.82 Å². The van der Waals surface area contributed by atoms with E-state index < -0.39 is 0 Å². The topological polar surface area (TPSA) is 75.4 Å². The van der Waals surface area contributed by atoms with Gasteiger partial charge in [-0.05, 0) is 26.3 Å². The van der Waals surface area contributed by atoms with Crippen molar-refractivity contribution < 1.29 is 4.79 Å². The molecule has 7 heteroatoms. The highest BCUT2D eigenvalue weighted by Gasteiger charge is 2.20. The van der Waals surface area contributed by atoms with Crippen LogP contribution in [-0.2, 0) is 4.79 Å². The van der Waals surface area contributed by atoms with Gasteiger partial charge in [0.05, 0.1) is 0 Å². The molecule has 1 fully saturated rings. The van der Waals surface area contributed by atoms with Crippen LogP contribution in [0.1, 0.15) is 25.1 Å². The molecule has 0 spiro atoms. The minimum absolute atomic E-state index is 0.223. The summed E-state index contributed by atoms with van der Waals surface area (Å²) in [4.78, 5) is 20.6. The largest absolute Gasteiger partial charge is 0.345 e. The first-order valence-electron chi connectivity index (χ1n) is 6.74. The van der Waals surface area contributed by atoms with E-state index in [0.29, 0.717) is 13.0 Å². The van der Waals surface area contributed by atoms with Crippen molar-refractivity contribution >= 4 is 22.6 Å². The third kappa shape index (κ3) is 3.87. The van der Waals surface area contributed by atoms with Crippen LogP contribution in [0.3, 0.4) is 0 Å². The second kappa shape index (κ2) is 6.81. The molecule has 1 saturated heterocycles. The Morgan fingerprint density at radius 1 is 1.37 bits per heavy atom. The maximum atomic E-state index is 12.0. The first-order valence-corrected chi connectivity index (χ1v) is 7.51. The zero-order chi connectivity index (χ0) is 13.7. The van der Waals surface area contributed by atoms with E-state index >= 15 is 0 Å². The lowest BCUT2D eigenvalue weighted by molar-refractivity contribution is -0.131. The van der Waals surface area contributed by atoms with Crippen LogP contribution in [0, 0.1) is 6.92 Å². The summed E-state index contributed by atoms with van der Waals surface area (Å²) < 4.78 is 4.21. The van der Waals surface area contributed by atoms with Crippen LogP contribution >= 0.6 is 11.5 Å². The van der Waals surface area contributed by atoms with Crippen molar-refractivity contribution in [2.45, 2.75) is 26.2 Å². The van der Waals surface area contributed by atoms with Gasteiger partial charge in [0.25, 0.3) is 0 Å². The zero-order valence-corrected chi connectivity index (χ0v) is 12.2. The fourth-order valence-corrected chi connectivity index (χ4v) is 2.91.